The van der Waals surface area contributed by atoms with Crippen LogP contribution in [0.1, 0.15) is 0 Å². The molecule has 1 saturated heterocycles. The van der Waals surface area contributed by atoms with Crippen molar-refractivity contribution in [2.45, 2.75) is 6.18 Å². The van der Waals surface area contributed by atoms with Gasteiger partial charge in [-0.3, -0.25) is 10.00 Å². The lowest BCUT2D eigenvalue weighted by Crippen LogP contribution is -2.49. The van der Waals surface area contributed by atoms with E-state index in [4.69, 9.17) is 0 Å². The van der Waals surface area contributed by atoms with Crippen molar-refractivity contribution in [3.05, 3.63) is 49.2 Å². The van der Waals surface area contributed by atoms with E-state index in [1.165, 1.54) is 11.2 Å². The van der Waals surface area contributed by atoms with Crippen LogP contribution in [0.3, 0.4) is 0 Å². The Morgan fingerprint density at radius 3 is 2.47 bits per heavy atom. The van der Waals surface area contributed by atoms with Gasteiger partial charge in [0.25, 0.3) is 0 Å². The molecule has 0 bridgehead atoms. The van der Waals surface area contributed by atoms with Crippen molar-refractivity contribution in [2.75, 3.05) is 42.9 Å². The molecule has 0 unspecified atom stereocenters. The first-order chi connectivity index (χ1) is 15.5. The normalized spacial score (nSPS) is 15.4. The first kappa shape index (κ1) is 20.2. The van der Waals surface area contributed by atoms with Crippen molar-refractivity contribution in [1.29, 1.82) is 0 Å². The number of hydrogen-bond donors (Lipinski definition) is 2. The highest BCUT2D eigenvalue weighted by Crippen LogP contribution is 2.26. The number of benzene rings is 1. The Kier molecular flexibility index (Phi) is 5.13. The van der Waals surface area contributed by atoms with Gasteiger partial charge in [0.2, 0.25) is 0 Å². The van der Waals surface area contributed by atoms with Gasteiger partial charge in [-0.1, -0.05) is 0 Å². The Labute approximate surface area is 180 Å². The van der Waals surface area contributed by atoms with E-state index in [1.54, 1.807) is 23.1 Å². The average molecular weight is 443 g/mol. The summed E-state index contributed by atoms with van der Waals surface area (Å²) in [5.41, 5.74) is 3.97. The molecule has 4 aromatic rings. The average Bonchev–Trinajstić information content (AvgIpc) is 3.47. The third-order valence-corrected chi connectivity index (χ3v) is 5.37. The largest absolute Gasteiger partial charge is 0.401 e. The minimum Gasteiger partial charge on any atom is -0.369 e. The van der Waals surface area contributed by atoms with Gasteiger partial charge in [-0.05, 0) is 24.3 Å². The van der Waals surface area contributed by atoms with Crippen molar-refractivity contribution >= 4 is 22.8 Å². The fraction of sp³-hybridized carbons (Fsp3) is 0.300. The maximum absolute atomic E-state index is 12.6. The molecular formula is C20H20F3N9. The van der Waals surface area contributed by atoms with Crippen LogP contribution in [0.2, 0.25) is 0 Å². The highest BCUT2D eigenvalue weighted by molar-refractivity contribution is 5.73. The van der Waals surface area contributed by atoms with Gasteiger partial charge in [0.05, 0.1) is 24.6 Å². The third-order valence-electron chi connectivity index (χ3n) is 5.37. The van der Waals surface area contributed by atoms with Gasteiger partial charge in [0.15, 0.2) is 11.5 Å². The summed E-state index contributed by atoms with van der Waals surface area (Å²) < 4.78 is 39.4. The molecule has 9 nitrogen and oxygen atoms in total. The zero-order chi connectivity index (χ0) is 22.1. The molecule has 1 aliphatic rings. The lowest BCUT2D eigenvalue weighted by molar-refractivity contribution is -0.146. The predicted octanol–water partition coefficient (Wildman–Crippen LogP) is 2.94. The molecule has 1 aromatic carbocycles. The number of alkyl halides is 3. The molecule has 32 heavy (non-hydrogen) atoms. The summed E-state index contributed by atoms with van der Waals surface area (Å²) >= 11 is 0. The second kappa shape index (κ2) is 8.11. The second-order valence-electron chi connectivity index (χ2n) is 7.52. The number of fused-ring (bicyclic) bond motifs is 1. The van der Waals surface area contributed by atoms with Crippen LogP contribution in [0.15, 0.2) is 49.2 Å². The number of aromatic amines is 1. The molecule has 1 fully saturated rings. The maximum Gasteiger partial charge on any atom is 0.401 e. The molecule has 5 rings (SSSR count). The number of nitrogens with zero attached hydrogens (tertiary/aromatic N) is 7. The molecule has 0 aliphatic carbocycles. The van der Waals surface area contributed by atoms with Crippen molar-refractivity contribution in [3.63, 3.8) is 0 Å². The number of rotatable bonds is 5. The first-order valence-corrected chi connectivity index (χ1v) is 10.1. The molecule has 12 heteroatoms. The summed E-state index contributed by atoms with van der Waals surface area (Å²) in [6, 6.07) is 7.72. The summed E-state index contributed by atoms with van der Waals surface area (Å²) in [6.07, 6.45) is 2.45. The molecule has 4 heterocycles. The van der Waals surface area contributed by atoms with E-state index in [0.29, 0.717) is 37.6 Å². The standard InChI is InChI=1S/C20H20F3N9/c21-20(22,23)12-30-5-7-31(8-6-30)16-3-1-15(2-4-16)29-18-19-25-13-28-32(19)17(11-24-18)14-9-26-27-10-14/h1-4,9-11,13H,5-8,12H2,(H,24,29)(H,26,27). The Morgan fingerprint density at radius 2 is 1.78 bits per heavy atom. The van der Waals surface area contributed by atoms with E-state index in [9.17, 15) is 13.2 Å². The molecule has 3 aromatic heterocycles. The number of anilines is 3. The monoisotopic (exact) mass is 443 g/mol. The third kappa shape index (κ3) is 4.21. The molecule has 166 valence electrons. The maximum atomic E-state index is 12.6. The van der Waals surface area contributed by atoms with Crippen molar-refractivity contribution < 1.29 is 13.2 Å². The summed E-state index contributed by atoms with van der Waals surface area (Å²) in [6.45, 7) is 1.03. The summed E-state index contributed by atoms with van der Waals surface area (Å²) in [7, 11) is 0. The van der Waals surface area contributed by atoms with Gasteiger partial charge in [-0.2, -0.15) is 23.4 Å². The molecule has 0 amide bonds. The number of hydrogen-bond acceptors (Lipinski definition) is 7. The second-order valence-corrected chi connectivity index (χ2v) is 7.52. The van der Waals surface area contributed by atoms with E-state index >= 15 is 0 Å². The van der Waals surface area contributed by atoms with E-state index in [2.05, 4.69) is 35.5 Å². The van der Waals surface area contributed by atoms with Crippen LogP contribution >= 0.6 is 0 Å². The number of H-pyrrole nitrogens is 1. The van der Waals surface area contributed by atoms with Gasteiger partial charge in [-0.25, -0.2) is 14.5 Å². The predicted molar refractivity (Wildman–Crippen MR) is 113 cm³/mol. The summed E-state index contributed by atoms with van der Waals surface area (Å²) in [5, 5.41) is 14.3. The Balaban J connectivity index is 1.27. The highest BCUT2D eigenvalue weighted by Gasteiger charge is 2.32. The zero-order valence-electron chi connectivity index (χ0n) is 16.9. The lowest BCUT2D eigenvalue weighted by atomic mass is 10.2. The van der Waals surface area contributed by atoms with Gasteiger partial charge in [0, 0.05) is 49.3 Å². The number of piperazine rings is 1. The Morgan fingerprint density at radius 1 is 1.00 bits per heavy atom. The SMILES string of the molecule is FC(F)(F)CN1CCN(c2ccc(Nc3ncc(-c4cn[nH]c4)n4ncnc34)cc2)CC1. The van der Waals surface area contributed by atoms with E-state index in [-0.39, 0.29) is 0 Å². The fourth-order valence-electron chi connectivity index (χ4n) is 3.80. The Hall–Kier alpha value is -3.67. The Bertz CT molecular complexity index is 1180. The molecule has 2 N–H and O–H groups in total. The molecule has 0 saturated carbocycles. The minimum atomic E-state index is -4.16. The number of halogens is 3. The lowest BCUT2D eigenvalue weighted by Gasteiger charge is -2.36. The minimum absolute atomic E-state index is 0.386. The summed E-state index contributed by atoms with van der Waals surface area (Å²) in [4.78, 5) is 12.3. The highest BCUT2D eigenvalue weighted by atomic mass is 19.4. The molecule has 0 spiro atoms. The number of nitrogens with one attached hydrogen (secondary N) is 2. The quantitative estimate of drug-likeness (QED) is 0.490. The molecular weight excluding hydrogens is 423 g/mol. The van der Waals surface area contributed by atoms with Gasteiger partial charge < -0.3 is 10.2 Å². The topological polar surface area (TPSA) is 90.3 Å². The molecule has 0 radical (unpaired) electrons. The fourth-order valence-corrected chi connectivity index (χ4v) is 3.80. The van der Waals surface area contributed by atoms with E-state index < -0.39 is 12.7 Å². The van der Waals surface area contributed by atoms with Crippen LogP contribution in [-0.2, 0) is 0 Å². The van der Waals surface area contributed by atoms with Crippen molar-refractivity contribution in [3.8, 4) is 11.3 Å². The van der Waals surface area contributed by atoms with Crippen LogP contribution in [0.25, 0.3) is 16.9 Å². The smallest absolute Gasteiger partial charge is 0.369 e. The van der Waals surface area contributed by atoms with E-state index in [0.717, 1.165) is 22.6 Å². The molecule has 1 aliphatic heterocycles. The van der Waals surface area contributed by atoms with Crippen LogP contribution < -0.4 is 10.2 Å². The van der Waals surface area contributed by atoms with Crippen LogP contribution in [0.5, 0.6) is 0 Å². The van der Waals surface area contributed by atoms with E-state index in [1.807, 2.05) is 24.3 Å². The van der Waals surface area contributed by atoms with Crippen molar-refractivity contribution in [1.82, 2.24) is 34.7 Å². The van der Waals surface area contributed by atoms with Crippen LogP contribution in [0.4, 0.5) is 30.4 Å². The van der Waals surface area contributed by atoms with Crippen LogP contribution in [-0.4, -0.2) is 73.6 Å². The first-order valence-electron chi connectivity index (χ1n) is 10.1. The van der Waals surface area contributed by atoms with Gasteiger partial charge in [-0.15, -0.1) is 0 Å². The zero-order valence-corrected chi connectivity index (χ0v) is 16.9. The van der Waals surface area contributed by atoms with Gasteiger partial charge in [0.1, 0.15) is 6.33 Å². The summed E-state index contributed by atoms with van der Waals surface area (Å²) in [5.74, 6) is 0.559. The number of aromatic nitrogens is 6. The van der Waals surface area contributed by atoms with Crippen molar-refractivity contribution in [2.24, 2.45) is 0 Å². The van der Waals surface area contributed by atoms with Crippen LogP contribution in [0, 0.1) is 0 Å². The molecule has 0 atom stereocenters. The van der Waals surface area contributed by atoms with Gasteiger partial charge >= 0.3 is 6.18 Å².